The Hall–Kier alpha value is -8.49. The summed E-state index contributed by atoms with van der Waals surface area (Å²) in [4.78, 5) is 163. The minimum atomic E-state index is -2.00. The first-order valence-electron chi connectivity index (χ1n) is 24.9. The quantitative estimate of drug-likeness (QED) is 0.0171. The summed E-state index contributed by atoms with van der Waals surface area (Å²) in [5, 5.41) is 59.7. The molecule has 32 nitrogen and oxygen atoms in total. The van der Waals surface area contributed by atoms with E-state index in [1.54, 1.807) is 44.3 Å². The highest BCUT2D eigenvalue weighted by Gasteiger charge is 2.36. The number of hydrogen-bond acceptors (Lipinski definition) is 17. The van der Waals surface area contributed by atoms with Crippen LogP contribution in [0.2, 0.25) is 0 Å². The van der Waals surface area contributed by atoms with E-state index in [9.17, 15) is 78.0 Å². The molecule has 0 radical (unpaired) electrons. The Morgan fingerprint density at radius 1 is 0.620 bits per heavy atom. The minimum absolute atomic E-state index is 0.0291. The topological polar surface area (TPSA) is 552 Å². The molecule has 1 aromatic heterocycles. The maximum absolute atomic E-state index is 14.0. The Labute approximate surface area is 452 Å². The number of aliphatic carboxylic acids is 2. The van der Waals surface area contributed by atoms with Crippen LogP contribution in [0.25, 0.3) is 10.9 Å². The van der Waals surface area contributed by atoms with Gasteiger partial charge in [-0.15, -0.1) is 0 Å². The van der Waals surface area contributed by atoms with Gasteiger partial charge in [-0.1, -0.05) is 32.0 Å². The summed E-state index contributed by atoms with van der Waals surface area (Å²) < 4.78 is 0. The molecule has 24 N–H and O–H groups in total. The molecule has 2 aromatic rings. The Morgan fingerprint density at radius 2 is 1.14 bits per heavy atom. The summed E-state index contributed by atoms with van der Waals surface area (Å²) in [6, 6.07) is -5.99. The summed E-state index contributed by atoms with van der Waals surface area (Å²) in [7, 11) is 0. The number of amides is 10. The highest BCUT2D eigenvalue weighted by Crippen LogP contribution is 2.19. The Morgan fingerprint density at radius 3 is 1.70 bits per heavy atom. The summed E-state index contributed by atoms with van der Waals surface area (Å²) in [6.07, 6.45) is -2.21. The molecule has 0 bridgehead atoms. The standard InChI is InChI=1S/C47H74N16O16/c1-22(2)37(50)44(76)56-20-35(68)58-29(15-24-18-54-26-10-5-4-9-25(24)26)39(71)55-19-34(67)57-27(12-8-14-53-47(51)52)40(72)60-30(16-33(49)66)42(74)59-28(11-6-7-13-48)41(73)63-38(23(3)65)45(77)61-31(17-36(69)70)43(75)62-32(21-64)46(78)79/h4-5,9-10,18,22-23,27-32,37-38,54,64-65H,6-8,11-17,19-21,48,50H2,1-3H3,(H2,49,66)(H,55,71)(H,56,76)(H,57,67)(H,58,68)(H,59,74)(H,60,72)(H,61,77)(H,62,75)(H,63,73)(H,69,70)(H,78,79)(H4,51,52,53)/t23-,27+,28+,29+,30+,31+,32+,37+,38+/m1/s1. The third kappa shape index (κ3) is 23.7. The number of carboxylic acids is 2. The molecular weight excluding hydrogens is 1040 g/mol. The highest BCUT2D eigenvalue weighted by atomic mass is 16.4. The first-order valence-corrected chi connectivity index (χ1v) is 24.9. The van der Waals surface area contributed by atoms with Crippen molar-refractivity contribution in [2.24, 2.45) is 39.6 Å². The number of carbonyl (C=O) groups excluding carboxylic acids is 10. The SMILES string of the molecule is CC(C)[C@H](N)C(=O)NCC(=O)N[C@@H](Cc1c[nH]c2ccccc12)C(=O)NCC(=O)N[C@@H](CCCN=C(N)N)C(=O)N[C@@H](CC(N)=O)C(=O)N[C@@H](CCCCN)C(=O)N[C@H](C(=O)N[C@@H](CC(=O)O)C(=O)N[C@@H](CO)C(=O)O)[C@@H](C)O. The number of para-hydroxylation sites is 1. The molecular formula is C47H74N16O16. The fraction of sp³-hybridized carbons (Fsp3) is 0.553. The molecule has 0 saturated carbocycles. The molecule has 1 heterocycles. The maximum atomic E-state index is 14.0. The van der Waals surface area contributed by atoms with Crippen LogP contribution in [0, 0.1) is 5.92 Å². The number of aliphatic hydroxyl groups is 2. The van der Waals surface area contributed by atoms with E-state index in [0.717, 1.165) is 17.8 Å². The van der Waals surface area contributed by atoms with Gasteiger partial charge in [-0.2, -0.15) is 0 Å². The molecule has 438 valence electrons. The molecule has 1 aromatic carbocycles. The molecule has 0 aliphatic heterocycles. The van der Waals surface area contributed by atoms with Gasteiger partial charge < -0.3 is 102 Å². The largest absolute Gasteiger partial charge is 0.481 e. The van der Waals surface area contributed by atoms with Crippen molar-refractivity contribution in [1.29, 1.82) is 0 Å². The average molecular weight is 1120 g/mol. The van der Waals surface area contributed by atoms with Crippen LogP contribution >= 0.6 is 0 Å². The number of unbranched alkanes of at least 4 members (excludes halogenated alkanes) is 1. The molecule has 0 aliphatic carbocycles. The summed E-state index contributed by atoms with van der Waals surface area (Å²) in [6.45, 7) is 2.09. The Balaban J connectivity index is 2.37. The van der Waals surface area contributed by atoms with E-state index in [0.29, 0.717) is 5.56 Å². The van der Waals surface area contributed by atoms with Crippen molar-refractivity contribution >= 4 is 87.9 Å². The predicted octanol–water partition coefficient (Wildman–Crippen LogP) is -7.69. The number of rotatable bonds is 36. The van der Waals surface area contributed by atoms with Crippen LogP contribution < -0.4 is 76.5 Å². The van der Waals surface area contributed by atoms with E-state index in [1.165, 1.54) is 0 Å². The number of aliphatic hydroxyl groups excluding tert-OH is 2. The van der Waals surface area contributed by atoms with Gasteiger partial charge in [0.15, 0.2) is 5.96 Å². The molecule has 0 fully saturated rings. The number of aliphatic imine (C=N–C) groups is 1. The lowest BCUT2D eigenvalue weighted by molar-refractivity contribution is -0.144. The van der Waals surface area contributed by atoms with Crippen molar-refractivity contribution in [3.8, 4) is 0 Å². The van der Waals surface area contributed by atoms with E-state index >= 15 is 0 Å². The van der Waals surface area contributed by atoms with Crippen LogP contribution in [0.1, 0.15) is 71.3 Å². The number of nitrogens with one attached hydrogen (secondary N) is 10. The number of fused-ring (bicyclic) bond motifs is 1. The third-order valence-corrected chi connectivity index (χ3v) is 11.7. The van der Waals surface area contributed by atoms with Crippen molar-refractivity contribution in [3.63, 3.8) is 0 Å². The number of aromatic amines is 1. The lowest BCUT2D eigenvalue weighted by Crippen LogP contribution is -2.62. The maximum Gasteiger partial charge on any atom is 0.328 e. The van der Waals surface area contributed by atoms with Gasteiger partial charge in [0.25, 0.3) is 0 Å². The molecule has 0 aliphatic rings. The van der Waals surface area contributed by atoms with Gasteiger partial charge in [0, 0.05) is 30.1 Å². The first-order chi connectivity index (χ1) is 37.2. The van der Waals surface area contributed by atoms with Crippen molar-refractivity contribution in [3.05, 3.63) is 36.0 Å². The number of carbonyl (C=O) groups is 12. The van der Waals surface area contributed by atoms with Crippen molar-refractivity contribution in [2.45, 2.75) is 127 Å². The van der Waals surface area contributed by atoms with Crippen molar-refractivity contribution in [1.82, 2.24) is 52.8 Å². The van der Waals surface area contributed by atoms with Gasteiger partial charge in [0.2, 0.25) is 59.1 Å². The first kappa shape index (κ1) is 66.6. The molecule has 79 heavy (non-hydrogen) atoms. The number of benzene rings is 1. The van der Waals surface area contributed by atoms with Crippen LogP contribution in [0.5, 0.6) is 0 Å². The zero-order valence-corrected chi connectivity index (χ0v) is 43.9. The highest BCUT2D eigenvalue weighted by molar-refractivity contribution is 5.99. The van der Waals surface area contributed by atoms with Gasteiger partial charge >= 0.3 is 11.9 Å². The normalized spacial score (nSPS) is 14.4. The zero-order valence-electron chi connectivity index (χ0n) is 43.9. The van der Waals surface area contributed by atoms with E-state index in [1.807, 2.05) is 10.6 Å². The summed E-state index contributed by atoms with van der Waals surface area (Å²) >= 11 is 0. The number of carboxylic acid groups (broad SMARTS) is 2. The Bertz CT molecular complexity index is 2500. The van der Waals surface area contributed by atoms with Crippen LogP contribution in [0.15, 0.2) is 35.5 Å². The number of hydrogen-bond donors (Lipinski definition) is 19. The fourth-order valence-electron chi connectivity index (χ4n) is 7.35. The second-order valence-corrected chi connectivity index (χ2v) is 18.5. The average Bonchev–Trinajstić information content (AvgIpc) is 3.84. The number of primary amides is 1. The minimum Gasteiger partial charge on any atom is -0.481 e. The molecule has 2 rings (SSSR count). The molecule has 0 unspecified atom stereocenters. The molecule has 0 saturated heterocycles. The third-order valence-electron chi connectivity index (χ3n) is 11.7. The lowest BCUT2D eigenvalue weighted by atomic mass is 10.0. The van der Waals surface area contributed by atoms with Gasteiger partial charge in [0.1, 0.15) is 42.3 Å². The van der Waals surface area contributed by atoms with Crippen molar-refractivity contribution < 1.29 is 78.0 Å². The molecule has 32 heteroatoms. The van der Waals surface area contributed by atoms with Crippen LogP contribution in [-0.2, 0) is 64.0 Å². The van der Waals surface area contributed by atoms with E-state index in [-0.39, 0.29) is 63.5 Å². The number of guanidine groups is 1. The number of nitrogens with two attached hydrogens (primary N) is 5. The van der Waals surface area contributed by atoms with Crippen LogP contribution in [0.4, 0.5) is 0 Å². The predicted molar refractivity (Wildman–Crippen MR) is 280 cm³/mol. The fourth-order valence-corrected chi connectivity index (χ4v) is 7.35. The van der Waals surface area contributed by atoms with Gasteiger partial charge in [0.05, 0.1) is 44.7 Å². The van der Waals surface area contributed by atoms with Gasteiger partial charge in [-0.25, -0.2) is 4.79 Å². The summed E-state index contributed by atoms with van der Waals surface area (Å²) in [5.41, 5.74) is 29.2. The lowest BCUT2D eigenvalue weighted by Gasteiger charge is -2.28. The zero-order chi connectivity index (χ0) is 59.5. The molecule has 10 amide bonds. The number of H-pyrrole nitrogens is 1. The van der Waals surface area contributed by atoms with Crippen LogP contribution in [0.3, 0.4) is 0 Å². The molecule has 9 atom stereocenters. The smallest absolute Gasteiger partial charge is 0.328 e. The van der Waals surface area contributed by atoms with E-state index < -0.39 is 158 Å². The number of aromatic nitrogens is 1. The van der Waals surface area contributed by atoms with E-state index in [4.69, 9.17) is 28.7 Å². The molecule has 0 spiro atoms. The van der Waals surface area contributed by atoms with Gasteiger partial charge in [-0.05, 0) is 63.1 Å². The Kier molecular flexibility index (Phi) is 28.4. The summed E-state index contributed by atoms with van der Waals surface area (Å²) in [5.74, 6) is -14.3. The second-order valence-electron chi connectivity index (χ2n) is 18.5. The monoisotopic (exact) mass is 1120 g/mol. The van der Waals surface area contributed by atoms with Gasteiger partial charge in [-0.3, -0.25) is 57.7 Å². The second kappa shape index (κ2) is 33.6. The van der Waals surface area contributed by atoms with Crippen LogP contribution in [-0.4, -0.2) is 190 Å². The van der Waals surface area contributed by atoms with Crippen molar-refractivity contribution in [2.75, 3.05) is 32.8 Å². The number of nitrogens with zero attached hydrogens (tertiary/aromatic N) is 1. The van der Waals surface area contributed by atoms with E-state index in [2.05, 4.69) is 47.2 Å².